The minimum Gasteiger partial charge on any atom is -0.394 e. The Morgan fingerprint density at radius 3 is 1.04 bits per heavy atom. The Morgan fingerprint density at radius 2 is 0.679 bits per heavy atom. The number of amides is 1. The summed E-state index contributed by atoms with van der Waals surface area (Å²) >= 11 is 0. The normalized spacial score (nSPS) is 29.1. The molecule has 0 aromatic carbocycles. The summed E-state index contributed by atoms with van der Waals surface area (Å²) in [5.41, 5.74) is 0. The summed E-state index contributed by atoms with van der Waals surface area (Å²) in [6.07, 6.45) is 25.2. The molecule has 19 nitrogen and oxygen atoms in total. The van der Waals surface area contributed by atoms with Crippen molar-refractivity contribution in [2.45, 2.75) is 381 Å². The van der Waals surface area contributed by atoms with Crippen LogP contribution in [0.1, 0.15) is 277 Å². The van der Waals surface area contributed by atoms with Crippen LogP contribution in [0, 0.1) is 0 Å². The van der Waals surface area contributed by atoms with Gasteiger partial charge >= 0.3 is 0 Å². The molecule has 498 valence electrons. The lowest BCUT2D eigenvalue weighted by Gasteiger charge is -2.48. The van der Waals surface area contributed by atoms with Crippen LogP contribution in [-0.4, -0.2) is 193 Å². The maximum atomic E-state index is 13.2. The van der Waals surface area contributed by atoms with E-state index in [4.69, 9.17) is 28.4 Å². The summed E-state index contributed by atoms with van der Waals surface area (Å²) in [6.45, 7) is 1.63. The van der Waals surface area contributed by atoms with Crippen LogP contribution in [0.4, 0.5) is 0 Å². The molecule has 0 saturated carbocycles. The van der Waals surface area contributed by atoms with E-state index in [1.54, 1.807) is 0 Å². The predicted molar refractivity (Wildman–Crippen MR) is 324 cm³/mol. The summed E-state index contributed by atoms with van der Waals surface area (Å²) < 4.78 is 34.1. The van der Waals surface area contributed by atoms with E-state index in [0.29, 0.717) is 19.3 Å². The quantitative estimate of drug-likeness (QED) is 0.0255. The van der Waals surface area contributed by atoms with Crippen molar-refractivity contribution in [2.24, 2.45) is 0 Å². The van der Waals surface area contributed by atoms with Crippen molar-refractivity contribution >= 4 is 5.91 Å². The van der Waals surface area contributed by atoms with E-state index in [2.05, 4.69) is 12.2 Å². The van der Waals surface area contributed by atoms with Gasteiger partial charge in [-0.2, -0.15) is 0 Å². The summed E-state index contributed by atoms with van der Waals surface area (Å²) in [5.74, 6) is -0.249. The molecule has 3 aliphatic rings. The third-order valence-electron chi connectivity index (χ3n) is 17.7. The molecular formula is C65H125NO18. The molecule has 0 aliphatic carbocycles. The van der Waals surface area contributed by atoms with E-state index in [-0.39, 0.29) is 18.9 Å². The van der Waals surface area contributed by atoms with Gasteiger partial charge in [-0.25, -0.2) is 0 Å². The third-order valence-corrected chi connectivity index (χ3v) is 17.7. The molecule has 0 aromatic rings. The largest absolute Gasteiger partial charge is 0.394 e. The van der Waals surface area contributed by atoms with Crippen LogP contribution in [-0.2, 0) is 33.2 Å². The zero-order chi connectivity index (χ0) is 61.2. The molecule has 1 amide bonds. The Morgan fingerprint density at radius 1 is 0.381 bits per heavy atom. The fourth-order valence-corrected chi connectivity index (χ4v) is 12.1. The monoisotopic (exact) mass is 1210 g/mol. The van der Waals surface area contributed by atoms with Crippen LogP contribution >= 0.6 is 0 Å². The first-order valence-corrected chi connectivity index (χ1v) is 34.3. The molecule has 3 aliphatic heterocycles. The lowest BCUT2D eigenvalue weighted by molar-refractivity contribution is -0.379. The van der Waals surface area contributed by atoms with Gasteiger partial charge in [0, 0.05) is 6.42 Å². The number of ether oxygens (including phenoxy) is 6. The Hall–Kier alpha value is -1.21. The van der Waals surface area contributed by atoms with Crippen molar-refractivity contribution in [3.05, 3.63) is 0 Å². The lowest BCUT2D eigenvalue weighted by Crippen LogP contribution is -2.66. The van der Waals surface area contributed by atoms with Gasteiger partial charge in [-0.3, -0.25) is 4.79 Å². The third kappa shape index (κ3) is 31.0. The Balaban J connectivity index is 1.20. The molecule has 0 radical (unpaired) electrons. The van der Waals surface area contributed by atoms with Crippen molar-refractivity contribution in [1.29, 1.82) is 0 Å². The van der Waals surface area contributed by atoms with Crippen molar-refractivity contribution in [1.82, 2.24) is 5.32 Å². The Labute approximate surface area is 506 Å². The molecule has 19 heteroatoms. The van der Waals surface area contributed by atoms with Crippen LogP contribution in [0.2, 0.25) is 0 Å². The van der Waals surface area contributed by atoms with Crippen LogP contribution < -0.4 is 5.32 Å². The van der Waals surface area contributed by atoms with Gasteiger partial charge in [0.2, 0.25) is 5.91 Å². The van der Waals surface area contributed by atoms with E-state index >= 15 is 0 Å². The van der Waals surface area contributed by atoms with E-state index in [1.807, 2.05) is 6.92 Å². The van der Waals surface area contributed by atoms with Gasteiger partial charge < -0.3 is 89.9 Å². The Kier molecular flexibility index (Phi) is 44.6. The number of hydrogen-bond donors (Lipinski definition) is 12. The zero-order valence-corrected chi connectivity index (χ0v) is 52.4. The number of carbonyl (C=O) groups is 1. The molecule has 12 N–H and O–H groups in total. The first-order chi connectivity index (χ1) is 40.8. The SMILES string of the molecule is CCCCCCCCCCCCCCCCCCCCCCCCCCCCCCCCCCCCCCC(=O)NC(COC1OC(CO)C(OC2OC(CO)C(OC3OC(CO)C(O)C(O)C3O)C(O)C2O)C(O)C1O)C(O)CCCCC. The molecule has 3 fully saturated rings. The van der Waals surface area contributed by atoms with Crippen LogP contribution in [0.3, 0.4) is 0 Å². The molecule has 3 saturated heterocycles. The van der Waals surface area contributed by atoms with Crippen molar-refractivity contribution in [3.8, 4) is 0 Å². The van der Waals surface area contributed by atoms with Crippen molar-refractivity contribution in [2.75, 3.05) is 26.4 Å². The molecule has 17 atom stereocenters. The zero-order valence-electron chi connectivity index (χ0n) is 52.4. The average molecular weight is 1210 g/mol. The maximum absolute atomic E-state index is 13.2. The first-order valence-electron chi connectivity index (χ1n) is 34.3. The highest BCUT2D eigenvalue weighted by Gasteiger charge is 2.53. The molecule has 0 spiro atoms. The number of nitrogens with one attached hydrogen (secondary N) is 1. The lowest BCUT2D eigenvalue weighted by atomic mass is 9.96. The summed E-state index contributed by atoms with van der Waals surface area (Å²) in [5, 5.41) is 119. The number of aliphatic hydroxyl groups excluding tert-OH is 11. The number of unbranched alkanes of at least 4 members (excludes halogenated alkanes) is 37. The van der Waals surface area contributed by atoms with E-state index in [9.17, 15) is 61.0 Å². The molecular weight excluding hydrogens is 1080 g/mol. The van der Waals surface area contributed by atoms with Crippen LogP contribution in [0.25, 0.3) is 0 Å². The van der Waals surface area contributed by atoms with Gasteiger partial charge in [-0.05, 0) is 12.8 Å². The highest BCUT2D eigenvalue weighted by atomic mass is 16.8. The molecule has 0 aromatic heterocycles. The Bertz CT molecular complexity index is 1540. The average Bonchev–Trinajstić information content (AvgIpc) is 2.72. The standard InChI is InChI=1S/C65H125NO18/c1-3-5-7-8-9-10-11-12-13-14-15-16-17-18-19-20-21-22-23-24-25-26-27-28-29-30-31-32-33-34-35-36-37-38-39-41-43-53(71)66-48(49(70)42-40-6-4-2)47-79-63-59(77)56(74)61(51(45-68)81-63)84-65-60(78)57(75)62(52(46-69)82-65)83-64-58(76)55(73)54(72)50(44-67)80-64/h48-52,54-65,67-70,72-78H,3-47H2,1-2H3,(H,66,71). The first kappa shape index (κ1) is 77.0. The molecule has 84 heavy (non-hydrogen) atoms. The number of rotatable bonds is 53. The van der Waals surface area contributed by atoms with E-state index in [1.165, 1.54) is 205 Å². The fraction of sp³-hybridized carbons (Fsp3) is 0.985. The number of aliphatic hydroxyl groups is 11. The second-order valence-electron chi connectivity index (χ2n) is 25.0. The van der Waals surface area contributed by atoms with Gasteiger partial charge in [-0.15, -0.1) is 0 Å². The van der Waals surface area contributed by atoms with Gasteiger partial charge in [-0.1, -0.05) is 258 Å². The summed E-state index contributed by atoms with van der Waals surface area (Å²) in [6, 6.07) is -0.877. The predicted octanol–water partition coefficient (Wildman–Crippen LogP) is 8.33. The maximum Gasteiger partial charge on any atom is 0.220 e. The van der Waals surface area contributed by atoms with Crippen LogP contribution in [0.15, 0.2) is 0 Å². The second kappa shape index (κ2) is 48.6. The van der Waals surface area contributed by atoms with Crippen molar-refractivity contribution < 1.29 is 89.4 Å². The smallest absolute Gasteiger partial charge is 0.220 e. The highest BCUT2D eigenvalue weighted by Crippen LogP contribution is 2.33. The molecule has 3 rings (SSSR count). The molecule has 3 heterocycles. The minimum atomic E-state index is -1.97. The van der Waals surface area contributed by atoms with E-state index in [0.717, 1.165) is 32.1 Å². The molecule has 0 bridgehead atoms. The second-order valence-corrected chi connectivity index (χ2v) is 25.0. The highest BCUT2D eigenvalue weighted by molar-refractivity contribution is 5.76. The van der Waals surface area contributed by atoms with Crippen molar-refractivity contribution in [3.63, 3.8) is 0 Å². The van der Waals surface area contributed by atoms with E-state index < -0.39 is 124 Å². The number of carbonyl (C=O) groups excluding carboxylic acids is 1. The van der Waals surface area contributed by atoms with Gasteiger partial charge in [0.05, 0.1) is 38.6 Å². The summed E-state index contributed by atoms with van der Waals surface area (Å²) in [7, 11) is 0. The van der Waals surface area contributed by atoms with Gasteiger partial charge in [0.25, 0.3) is 0 Å². The minimum absolute atomic E-state index is 0.249. The van der Waals surface area contributed by atoms with Gasteiger partial charge in [0.1, 0.15) is 73.2 Å². The topological polar surface area (TPSA) is 307 Å². The van der Waals surface area contributed by atoms with Crippen LogP contribution in [0.5, 0.6) is 0 Å². The number of hydrogen-bond acceptors (Lipinski definition) is 18. The fourth-order valence-electron chi connectivity index (χ4n) is 12.1. The van der Waals surface area contributed by atoms with Gasteiger partial charge in [0.15, 0.2) is 18.9 Å². The molecule has 17 unspecified atom stereocenters. The summed E-state index contributed by atoms with van der Waals surface area (Å²) in [4.78, 5) is 13.2.